The smallest absolute Gasteiger partial charge is 0.326 e. The Balaban J connectivity index is 1.88. The van der Waals surface area contributed by atoms with Crippen molar-refractivity contribution in [2.24, 2.45) is 0 Å². The Morgan fingerprint density at radius 2 is 1.81 bits per heavy atom. The number of rotatable bonds is 5. The number of carbonyl (C=O) groups excluding carboxylic acids is 1. The number of aromatic amines is 1. The molecular weight excluding hydrogens is 356 g/mol. The number of amides is 1. The van der Waals surface area contributed by atoms with Gasteiger partial charge < -0.3 is 15.4 Å². The van der Waals surface area contributed by atoms with Crippen molar-refractivity contribution >= 4 is 34.4 Å². The number of nitrogens with one attached hydrogen (secondary N) is 2. The number of aliphatic carboxylic acids is 1. The van der Waals surface area contributed by atoms with Crippen LogP contribution in [0.15, 0.2) is 59.4 Å². The largest absolute Gasteiger partial charge is 0.480 e. The van der Waals surface area contributed by atoms with Gasteiger partial charge in [0.05, 0.1) is 0 Å². The van der Waals surface area contributed by atoms with Gasteiger partial charge in [0.1, 0.15) is 6.04 Å². The SMILES string of the molecule is O=C(N[C@@H](Cc1cc(=O)[nH]c2ccccc12)C(=O)O)c1ccc(Cl)cc1. The second-order valence-electron chi connectivity index (χ2n) is 5.78. The fourth-order valence-electron chi connectivity index (χ4n) is 2.71. The summed E-state index contributed by atoms with van der Waals surface area (Å²) in [6, 6.07) is 13.4. The molecule has 1 heterocycles. The third-order valence-electron chi connectivity index (χ3n) is 3.97. The van der Waals surface area contributed by atoms with Crippen molar-refractivity contribution in [3.8, 4) is 0 Å². The molecule has 6 nitrogen and oxygen atoms in total. The van der Waals surface area contributed by atoms with Crippen molar-refractivity contribution < 1.29 is 14.7 Å². The fraction of sp³-hybridized carbons (Fsp3) is 0.105. The van der Waals surface area contributed by atoms with Gasteiger partial charge in [-0.15, -0.1) is 0 Å². The standard InChI is InChI=1S/C19H15ClN2O4/c20-13-7-5-11(6-8-13)18(24)22-16(19(25)26)9-12-10-17(23)21-15-4-2-1-3-14(12)15/h1-8,10,16H,9H2,(H,21,23)(H,22,24)(H,25,26)/t16-/m0/s1. The molecule has 0 aliphatic carbocycles. The van der Waals surface area contributed by atoms with Gasteiger partial charge in [0, 0.05) is 34.0 Å². The topological polar surface area (TPSA) is 99.3 Å². The number of halogens is 1. The normalized spacial score (nSPS) is 11.9. The van der Waals surface area contributed by atoms with E-state index in [1.165, 1.54) is 18.2 Å². The zero-order valence-electron chi connectivity index (χ0n) is 13.5. The maximum absolute atomic E-state index is 12.3. The number of para-hydroxylation sites is 1. The Morgan fingerprint density at radius 1 is 1.12 bits per heavy atom. The summed E-state index contributed by atoms with van der Waals surface area (Å²) >= 11 is 5.79. The first-order valence-corrected chi connectivity index (χ1v) is 8.22. The maximum Gasteiger partial charge on any atom is 0.326 e. The van der Waals surface area contributed by atoms with Crippen molar-refractivity contribution in [2.45, 2.75) is 12.5 Å². The van der Waals surface area contributed by atoms with E-state index in [0.29, 0.717) is 21.7 Å². The molecule has 3 rings (SSSR count). The molecule has 0 radical (unpaired) electrons. The first-order chi connectivity index (χ1) is 12.4. The lowest BCUT2D eigenvalue weighted by Gasteiger charge is -2.16. The predicted octanol–water partition coefficient (Wildman–Crippen LogP) is 2.61. The third-order valence-corrected chi connectivity index (χ3v) is 4.22. The summed E-state index contributed by atoms with van der Waals surface area (Å²) in [5.74, 6) is -1.71. The summed E-state index contributed by atoms with van der Waals surface area (Å²) in [6.45, 7) is 0. The van der Waals surface area contributed by atoms with Gasteiger partial charge >= 0.3 is 5.97 Å². The fourth-order valence-corrected chi connectivity index (χ4v) is 2.83. The average molecular weight is 371 g/mol. The van der Waals surface area contributed by atoms with E-state index in [9.17, 15) is 19.5 Å². The lowest BCUT2D eigenvalue weighted by atomic mass is 10.0. The number of pyridine rings is 1. The molecule has 132 valence electrons. The molecule has 3 aromatic rings. The molecule has 3 N–H and O–H groups in total. The zero-order valence-corrected chi connectivity index (χ0v) is 14.3. The van der Waals surface area contributed by atoms with Gasteiger partial charge in [-0.3, -0.25) is 9.59 Å². The third kappa shape index (κ3) is 3.92. The molecule has 1 amide bonds. The minimum absolute atomic E-state index is 0.0148. The van der Waals surface area contributed by atoms with Crippen molar-refractivity contribution in [3.63, 3.8) is 0 Å². The van der Waals surface area contributed by atoms with Gasteiger partial charge in [-0.1, -0.05) is 29.8 Å². The van der Waals surface area contributed by atoms with Gasteiger partial charge in [0.25, 0.3) is 5.91 Å². The molecule has 1 aromatic heterocycles. The number of carbonyl (C=O) groups is 2. The Kier molecular flexibility index (Phi) is 5.04. The molecular formula is C19H15ClN2O4. The Bertz CT molecular complexity index is 1030. The van der Waals surface area contributed by atoms with Gasteiger partial charge in [-0.25, -0.2) is 4.79 Å². The summed E-state index contributed by atoms with van der Waals surface area (Å²) in [4.78, 5) is 38.5. The van der Waals surface area contributed by atoms with E-state index in [1.54, 1.807) is 36.4 Å². The maximum atomic E-state index is 12.3. The Morgan fingerprint density at radius 3 is 2.50 bits per heavy atom. The van der Waals surface area contributed by atoms with Crippen LogP contribution in [0.25, 0.3) is 10.9 Å². The van der Waals surface area contributed by atoms with Gasteiger partial charge in [-0.05, 0) is 35.9 Å². The monoisotopic (exact) mass is 370 g/mol. The minimum Gasteiger partial charge on any atom is -0.480 e. The van der Waals surface area contributed by atoms with E-state index in [2.05, 4.69) is 10.3 Å². The van der Waals surface area contributed by atoms with E-state index in [4.69, 9.17) is 11.6 Å². The van der Waals surface area contributed by atoms with Crippen molar-refractivity contribution in [1.82, 2.24) is 10.3 Å². The highest BCUT2D eigenvalue weighted by atomic mass is 35.5. The number of benzene rings is 2. The second-order valence-corrected chi connectivity index (χ2v) is 6.22. The molecule has 0 unspecified atom stereocenters. The summed E-state index contributed by atoms with van der Waals surface area (Å²) in [5.41, 5.74) is 1.14. The van der Waals surface area contributed by atoms with Crippen LogP contribution in [0.4, 0.5) is 0 Å². The van der Waals surface area contributed by atoms with Gasteiger partial charge in [0.15, 0.2) is 0 Å². The summed E-state index contributed by atoms with van der Waals surface area (Å²) in [5, 5.41) is 13.2. The van der Waals surface area contributed by atoms with Gasteiger partial charge in [-0.2, -0.15) is 0 Å². The van der Waals surface area contributed by atoms with Crippen LogP contribution in [0.5, 0.6) is 0 Å². The number of carboxylic acid groups (broad SMARTS) is 1. The highest BCUT2D eigenvalue weighted by Gasteiger charge is 2.22. The summed E-state index contributed by atoms with van der Waals surface area (Å²) in [7, 11) is 0. The van der Waals surface area contributed by atoms with E-state index in [1.807, 2.05) is 0 Å². The molecule has 0 aliphatic heterocycles. The number of fused-ring (bicyclic) bond motifs is 1. The molecule has 0 saturated carbocycles. The quantitative estimate of drug-likeness (QED) is 0.642. The number of hydrogen-bond donors (Lipinski definition) is 3. The molecule has 0 saturated heterocycles. The van der Waals surface area contributed by atoms with Crippen LogP contribution in [0.3, 0.4) is 0 Å². The number of H-pyrrole nitrogens is 1. The van der Waals surface area contributed by atoms with Crippen LogP contribution in [0.1, 0.15) is 15.9 Å². The number of carboxylic acids is 1. The molecule has 26 heavy (non-hydrogen) atoms. The zero-order chi connectivity index (χ0) is 18.7. The molecule has 0 aliphatic rings. The van der Waals surface area contributed by atoms with E-state index in [-0.39, 0.29) is 12.0 Å². The van der Waals surface area contributed by atoms with Crippen molar-refractivity contribution in [2.75, 3.05) is 0 Å². The Labute approximate surface area is 153 Å². The van der Waals surface area contributed by atoms with Crippen LogP contribution in [0, 0.1) is 0 Å². The van der Waals surface area contributed by atoms with E-state index in [0.717, 1.165) is 5.39 Å². The first-order valence-electron chi connectivity index (χ1n) is 7.84. The molecule has 0 spiro atoms. The van der Waals surface area contributed by atoms with Crippen molar-refractivity contribution in [3.05, 3.63) is 81.1 Å². The molecule has 0 fully saturated rings. The highest BCUT2D eigenvalue weighted by Crippen LogP contribution is 2.17. The van der Waals surface area contributed by atoms with Crippen LogP contribution in [0.2, 0.25) is 5.02 Å². The number of hydrogen-bond acceptors (Lipinski definition) is 3. The van der Waals surface area contributed by atoms with Crippen LogP contribution in [-0.2, 0) is 11.2 Å². The second kappa shape index (κ2) is 7.41. The lowest BCUT2D eigenvalue weighted by molar-refractivity contribution is -0.139. The first kappa shape index (κ1) is 17.7. The van der Waals surface area contributed by atoms with Crippen molar-refractivity contribution in [1.29, 1.82) is 0 Å². The Hall–Kier alpha value is -3.12. The number of aromatic nitrogens is 1. The lowest BCUT2D eigenvalue weighted by Crippen LogP contribution is -2.42. The summed E-state index contributed by atoms with van der Waals surface area (Å²) < 4.78 is 0. The molecule has 7 heteroatoms. The van der Waals surface area contributed by atoms with E-state index >= 15 is 0 Å². The van der Waals surface area contributed by atoms with E-state index < -0.39 is 17.9 Å². The van der Waals surface area contributed by atoms with Crippen LogP contribution in [-0.4, -0.2) is 28.0 Å². The molecule has 1 atom stereocenters. The van der Waals surface area contributed by atoms with Crippen LogP contribution >= 0.6 is 11.6 Å². The molecule has 2 aromatic carbocycles. The molecule has 0 bridgehead atoms. The van der Waals surface area contributed by atoms with Gasteiger partial charge in [0.2, 0.25) is 5.56 Å². The average Bonchev–Trinajstić information content (AvgIpc) is 2.61. The summed E-state index contributed by atoms with van der Waals surface area (Å²) in [6.07, 6.45) is -0.0148. The minimum atomic E-state index is -1.18. The predicted molar refractivity (Wildman–Crippen MR) is 98.6 cm³/mol. The van der Waals surface area contributed by atoms with Crippen LogP contribution < -0.4 is 10.9 Å². The highest BCUT2D eigenvalue weighted by molar-refractivity contribution is 6.30.